The van der Waals surface area contributed by atoms with Crippen molar-refractivity contribution in [3.8, 4) is 11.4 Å². The number of ether oxygens (including phenoxy) is 2. The van der Waals surface area contributed by atoms with Crippen LogP contribution in [-0.4, -0.2) is 36.1 Å². The molecule has 2 N–H and O–H groups in total. The van der Waals surface area contributed by atoms with Crippen molar-refractivity contribution in [2.45, 2.75) is 57.7 Å². The third-order valence-electron chi connectivity index (χ3n) is 8.36. The fraction of sp³-hybridized carbons (Fsp3) is 0.312. The Labute approximate surface area is 239 Å². The third kappa shape index (κ3) is 4.31. The first-order chi connectivity index (χ1) is 19.7. The van der Waals surface area contributed by atoms with Gasteiger partial charge < -0.3 is 19.8 Å². The average molecular weight is 568 g/mol. The molecule has 4 heterocycles. The number of cyclic esters (lactones) is 1. The molecule has 2 aromatic carbocycles. The van der Waals surface area contributed by atoms with Crippen molar-refractivity contribution >= 4 is 36.1 Å². The van der Waals surface area contributed by atoms with Crippen LogP contribution in [-0.2, 0) is 43.9 Å². The molecular weight excluding hydrogens is 534 g/mol. The summed E-state index contributed by atoms with van der Waals surface area (Å²) in [5.41, 5.74) is 8.87. The Morgan fingerprint density at radius 3 is 2.56 bits per heavy atom. The maximum Gasteiger partial charge on any atom is 0.355 e. The van der Waals surface area contributed by atoms with Crippen LogP contribution in [0.4, 0.5) is 0 Å². The summed E-state index contributed by atoms with van der Waals surface area (Å²) in [6.07, 6.45) is 0.0768. The van der Waals surface area contributed by atoms with Crippen LogP contribution < -0.4 is 16.5 Å². The lowest BCUT2D eigenvalue weighted by molar-refractivity contribution is -0.189. The minimum Gasteiger partial charge on any atom is -0.457 e. The summed E-state index contributed by atoms with van der Waals surface area (Å²) in [6, 6.07) is 21.4. The molecule has 2 aliphatic heterocycles. The number of pyridine rings is 2. The zero-order chi connectivity index (χ0) is 28.9. The molecular formula is C32H33N3O5Si. The predicted octanol–water partition coefficient (Wildman–Crippen LogP) is 3.68. The van der Waals surface area contributed by atoms with E-state index in [1.54, 1.807) is 11.5 Å². The molecule has 1 unspecified atom stereocenters. The van der Waals surface area contributed by atoms with Crippen molar-refractivity contribution in [3.63, 3.8) is 0 Å². The number of hydrogen-bond acceptors (Lipinski definition) is 7. The first kappa shape index (κ1) is 27.1. The van der Waals surface area contributed by atoms with Crippen molar-refractivity contribution in [3.05, 3.63) is 93.3 Å². The molecule has 1 atom stereocenters. The number of carbonyl (C=O) groups excluding carboxylic acids is 2. The van der Waals surface area contributed by atoms with Gasteiger partial charge >= 0.3 is 11.9 Å². The zero-order valence-corrected chi connectivity index (χ0v) is 24.5. The third-order valence-corrected chi connectivity index (χ3v) is 11.6. The van der Waals surface area contributed by atoms with Gasteiger partial charge in [-0.15, -0.1) is 0 Å². The van der Waals surface area contributed by atoms with Gasteiger partial charge in [-0.3, -0.25) is 9.59 Å². The highest BCUT2D eigenvalue weighted by atomic mass is 28.3. The van der Waals surface area contributed by atoms with Gasteiger partial charge in [0, 0.05) is 12.1 Å². The number of rotatable bonds is 7. The second-order valence-electron chi connectivity index (χ2n) is 11.5. The second-order valence-corrected chi connectivity index (χ2v) is 16.1. The molecule has 8 nitrogen and oxygen atoms in total. The summed E-state index contributed by atoms with van der Waals surface area (Å²) in [5, 5.41) is 2.40. The minimum atomic E-state index is -2.12. The van der Waals surface area contributed by atoms with E-state index in [2.05, 4.69) is 43.4 Å². The maximum atomic E-state index is 14.0. The van der Waals surface area contributed by atoms with Crippen LogP contribution in [0.1, 0.15) is 42.0 Å². The van der Waals surface area contributed by atoms with Crippen LogP contribution in [0.5, 0.6) is 0 Å². The Morgan fingerprint density at radius 1 is 1.10 bits per heavy atom. The van der Waals surface area contributed by atoms with Crippen LogP contribution >= 0.6 is 0 Å². The highest BCUT2D eigenvalue weighted by Crippen LogP contribution is 2.41. The van der Waals surface area contributed by atoms with E-state index in [-0.39, 0.29) is 31.6 Å². The maximum absolute atomic E-state index is 14.0. The molecule has 41 heavy (non-hydrogen) atoms. The smallest absolute Gasteiger partial charge is 0.355 e. The Morgan fingerprint density at radius 2 is 1.83 bits per heavy atom. The van der Waals surface area contributed by atoms with Gasteiger partial charge in [0.05, 0.1) is 43.5 Å². The Balaban J connectivity index is 1.58. The Kier molecular flexibility index (Phi) is 6.66. The molecule has 4 aromatic rings. The number of fused-ring (bicyclic) bond motifs is 5. The SMILES string of the molecule is CCC1(OC(=O)CCN)C(=O)OCc2c1cc1n(c2=O)Cc2c-1nc1ccccc1c2[Si](C)(C)Cc1ccccc1. The van der Waals surface area contributed by atoms with Gasteiger partial charge in [-0.05, 0) is 40.7 Å². The molecule has 0 spiro atoms. The van der Waals surface area contributed by atoms with Gasteiger partial charge in [-0.25, -0.2) is 9.78 Å². The molecule has 2 aliphatic rings. The monoisotopic (exact) mass is 567 g/mol. The van der Waals surface area contributed by atoms with E-state index in [4.69, 9.17) is 20.2 Å². The quantitative estimate of drug-likeness (QED) is 0.236. The van der Waals surface area contributed by atoms with Crippen molar-refractivity contribution in [2.75, 3.05) is 6.54 Å². The molecule has 6 rings (SSSR count). The molecule has 9 heteroatoms. The van der Waals surface area contributed by atoms with Crippen LogP contribution in [0.15, 0.2) is 65.5 Å². The van der Waals surface area contributed by atoms with Gasteiger partial charge in [-0.1, -0.05) is 74.1 Å². The van der Waals surface area contributed by atoms with E-state index >= 15 is 0 Å². The number of carbonyl (C=O) groups is 2. The molecule has 0 saturated heterocycles. The minimum absolute atomic E-state index is 0.0465. The van der Waals surface area contributed by atoms with Crippen LogP contribution in [0, 0.1) is 0 Å². The van der Waals surface area contributed by atoms with Gasteiger partial charge in [0.2, 0.25) is 5.60 Å². The summed E-state index contributed by atoms with van der Waals surface area (Å²) < 4.78 is 12.9. The number of nitrogens with zero attached hydrogens (tertiary/aromatic N) is 2. The summed E-state index contributed by atoms with van der Waals surface area (Å²) in [5.74, 6) is -1.29. The van der Waals surface area contributed by atoms with Crippen molar-refractivity contribution in [1.29, 1.82) is 0 Å². The van der Waals surface area contributed by atoms with Crippen molar-refractivity contribution in [2.24, 2.45) is 5.73 Å². The number of benzene rings is 2. The number of esters is 2. The summed E-state index contributed by atoms with van der Waals surface area (Å²) in [4.78, 5) is 44.9. The highest BCUT2D eigenvalue weighted by Gasteiger charge is 2.50. The molecule has 0 amide bonds. The molecule has 210 valence electrons. The van der Waals surface area contributed by atoms with E-state index in [1.165, 1.54) is 10.8 Å². The highest BCUT2D eigenvalue weighted by molar-refractivity contribution is 6.91. The lowest BCUT2D eigenvalue weighted by Gasteiger charge is -2.35. The average Bonchev–Trinajstić information content (AvgIpc) is 3.32. The van der Waals surface area contributed by atoms with E-state index in [0.29, 0.717) is 23.4 Å². The fourth-order valence-corrected chi connectivity index (χ4v) is 9.90. The number of para-hydroxylation sites is 1. The zero-order valence-electron chi connectivity index (χ0n) is 23.5. The van der Waals surface area contributed by atoms with E-state index < -0.39 is 25.6 Å². The van der Waals surface area contributed by atoms with Gasteiger partial charge in [0.25, 0.3) is 5.56 Å². The molecule has 2 aromatic heterocycles. The Bertz CT molecular complexity index is 1770. The lowest BCUT2D eigenvalue weighted by Crippen LogP contribution is -2.48. The number of aromatic nitrogens is 2. The predicted molar refractivity (Wildman–Crippen MR) is 159 cm³/mol. The number of hydrogen-bond donors (Lipinski definition) is 1. The molecule has 0 bridgehead atoms. The normalized spacial score (nSPS) is 17.5. The first-order valence-corrected chi connectivity index (χ1v) is 17.2. The fourth-order valence-electron chi connectivity index (χ4n) is 6.52. The van der Waals surface area contributed by atoms with Crippen molar-refractivity contribution in [1.82, 2.24) is 9.55 Å². The van der Waals surface area contributed by atoms with Crippen LogP contribution in [0.25, 0.3) is 22.3 Å². The largest absolute Gasteiger partial charge is 0.457 e. The van der Waals surface area contributed by atoms with E-state index in [1.807, 2.05) is 30.3 Å². The van der Waals surface area contributed by atoms with Crippen molar-refractivity contribution < 1.29 is 19.1 Å². The summed E-state index contributed by atoms with van der Waals surface area (Å²) in [6.45, 7) is 6.77. The Hall–Kier alpha value is -4.08. The molecule has 0 aliphatic carbocycles. The van der Waals surface area contributed by atoms with Gasteiger partial charge in [-0.2, -0.15) is 0 Å². The molecule has 0 fully saturated rings. The van der Waals surface area contributed by atoms with E-state index in [0.717, 1.165) is 28.2 Å². The van der Waals surface area contributed by atoms with Crippen LogP contribution in [0.2, 0.25) is 13.1 Å². The number of nitrogens with two attached hydrogens (primary N) is 1. The summed E-state index contributed by atoms with van der Waals surface area (Å²) in [7, 11) is -2.12. The first-order valence-electron chi connectivity index (χ1n) is 14.0. The standard InChI is InChI=1S/C32H33N3O5Si/c1-4-32(40-27(36)14-15-33)24-16-26-28-22(17-35(26)30(37)23(24)18-39-31(32)38)29(21-12-8-9-13-25(21)34-28)41(2,3)19-20-10-6-5-7-11-20/h5-13,16H,4,14-15,17-19,33H2,1-3H3. The summed E-state index contributed by atoms with van der Waals surface area (Å²) >= 11 is 0. The second kappa shape index (κ2) is 10.1. The molecule has 0 saturated carbocycles. The topological polar surface area (TPSA) is 114 Å². The lowest BCUT2D eigenvalue weighted by atomic mass is 9.85. The van der Waals surface area contributed by atoms with Gasteiger partial charge in [0.15, 0.2) is 0 Å². The van der Waals surface area contributed by atoms with Gasteiger partial charge in [0.1, 0.15) is 6.61 Å². The van der Waals surface area contributed by atoms with E-state index in [9.17, 15) is 14.4 Å². The molecule has 0 radical (unpaired) electrons. The van der Waals surface area contributed by atoms with Crippen LogP contribution in [0.3, 0.4) is 0 Å².